The van der Waals surface area contributed by atoms with Crippen LogP contribution in [0.1, 0.15) is 56.4 Å². The summed E-state index contributed by atoms with van der Waals surface area (Å²) in [7, 11) is 0. The summed E-state index contributed by atoms with van der Waals surface area (Å²) < 4.78 is 13.3. The molecule has 1 atom stereocenters. The summed E-state index contributed by atoms with van der Waals surface area (Å²) in [5.74, 6) is 2.16. The van der Waals surface area contributed by atoms with E-state index in [0.717, 1.165) is 23.1 Å². The third-order valence-electron chi connectivity index (χ3n) is 6.15. The van der Waals surface area contributed by atoms with Crippen molar-refractivity contribution in [3.63, 3.8) is 0 Å². The Labute approximate surface area is 207 Å². The SMILES string of the molecule is CC[C@@H](c1nnnn1C(C)(C)C)N(Cc1cccs1)Cc1cc2cc3c(cc2[nH]c1=O)OCCO3. The van der Waals surface area contributed by atoms with Gasteiger partial charge in [0.1, 0.15) is 13.2 Å². The standard InChI is InChI=1S/C25H30N6O3S/c1-5-20(23-27-28-29-31(23)25(2,3)4)30(15-18-7-6-10-35-18)14-17-11-16-12-21-22(34-9-8-33-21)13-19(16)26-24(17)32/h6-7,10-13,20H,5,8-9,14-15H2,1-4H3,(H,26,32)/t20-/m0/s1. The number of ether oxygens (including phenoxy) is 2. The Morgan fingerprint density at radius 1 is 1.17 bits per heavy atom. The predicted octanol–water partition coefficient (Wildman–Crippen LogP) is 4.26. The monoisotopic (exact) mass is 494 g/mol. The smallest absolute Gasteiger partial charge is 0.252 e. The highest BCUT2D eigenvalue weighted by atomic mass is 32.1. The van der Waals surface area contributed by atoms with E-state index in [0.29, 0.717) is 43.4 Å². The molecule has 0 spiro atoms. The number of nitrogens with one attached hydrogen (secondary N) is 1. The maximum atomic E-state index is 13.2. The van der Waals surface area contributed by atoms with Crippen molar-refractivity contribution >= 4 is 22.2 Å². The van der Waals surface area contributed by atoms with Crippen LogP contribution in [0.3, 0.4) is 0 Å². The van der Waals surface area contributed by atoms with Crippen LogP contribution in [0.2, 0.25) is 0 Å². The molecule has 4 heterocycles. The molecule has 0 aliphatic carbocycles. The number of pyridine rings is 1. The fraction of sp³-hybridized carbons (Fsp3) is 0.440. The second-order valence-electron chi connectivity index (χ2n) is 9.73. The second-order valence-corrected chi connectivity index (χ2v) is 10.8. The average Bonchev–Trinajstić information content (AvgIpc) is 3.51. The highest BCUT2D eigenvalue weighted by molar-refractivity contribution is 7.09. The van der Waals surface area contributed by atoms with Crippen LogP contribution < -0.4 is 15.0 Å². The lowest BCUT2D eigenvalue weighted by Gasteiger charge is -2.32. The van der Waals surface area contributed by atoms with Crippen LogP contribution in [-0.4, -0.2) is 43.3 Å². The molecule has 5 rings (SSSR count). The highest BCUT2D eigenvalue weighted by Crippen LogP contribution is 2.34. The molecular weight excluding hydrogens is 464 g/mol. The van der Waals surface area contributed by atoms with E-state index < -0.39 is 0 Å². The van der Waals surface area contributed by atoms with Crippen molar-refractivity contribution in [3.8, 4) is 11.5 Å². The number of rotatable bonds is 7. The zero-order valence-corrected chi connectivity index (χ0v) is 21.3. The molecule has 0 fully saturated rings. The number of fused-ring (bicyclic) bond motifs is 2. The first-order chi connectivity index (χ1) is 16.8. The Morgan fingerprint density at radius 2 is 1.94 bits per heavy atom. The van der Waals surface area contributed by atoms with Crippen molar-refractivity contribution in [3.05, 3.63) is 62.3 Å². The van der Waals surface area contributed by atoms with Gasteiger partial charge in [0, 0.05) is 35.0 Å². The van der Waals surface area contributed by atoms with Crippen molar-refractivity contribution in [2.75, 3.05) is 13.2 Å². The Morgan fingerprint density at radius 3 is 2.63 bits per heavy atom. The zero-order chi connectivity index (χ0) is 24.6. The van der Waals surface area contributed by atoms with Crippen LogP contribution in [-0.2, 0) is 18.6 Å². The number of H-pyrrole nitrogens is 1. The maximum Gasteiger partial charge on any atom is 0.252 e. The lowest BCUT2D eigenvalue weighted by atomic mass is 10.1. The summed E-state index contributed by atoms with van der Waals surface area (Å²) in [6, 6.07) is 9.82. The third kappa shape index (κ3) is 4.81. The highest BCUT2D eigenvalue weighted by Gasteiger charge is 2.30. The van der Waals surface area contributed by atoms with Gasteiger partial charge >= 0.3 is 0 Å². The lowest BCUT2D eigenvalue weighted by Crippen LogP contribution is -2.35. The number of tetrazole rings is 1. The molecule has 35 heavy (non-hydrogen) atoms. The van der Waals surface area contributed by atoms with Gasteiger partial charge in [-0.3, -0.25) is 9.69 Å². The molecule has 0 saturated carbocycles. The molecule has 0 saturated heterocycles. The van der Waals surface area contributed by atoms with Crippen LogP contribution >= 0.6 is 11.3 Å². The van der Waals surface area contributed by atoms with Gasteiger partial charge < -0.3 is 14.5 Å². The van der Waals surface area contributed by atoms with E-state index in [1.54, 1.807) is 11.3 Å². The third-order valence-corrected chi connectivity index (χ3v) is 7.01. The normalized spacial score (nSPS) is 14.5. The van der Waals surface area contributed by atoms with E-state index in [1.165, 1.54) is 4.88 Å². The van der Waals surface area contributed by atoms with Crippen LogP contribution in [0, 0.1) is 0 Å². The fourth-order valence-electron chi connectivity index (χ4n) is 4.49. The number of nitrogens with zero attached hydrogens (tertiary/aromatic N) is 5. The Bertz CT molecular complexity index is 1370. The topological polar surface area (TPSA) is 98.2 Å². The molecule has 0 unspecified atom stereocenters. The van der Waals surface area contributed by atoms with Crippen molar-refractivity contribution < 1.29 is 9.47 Å². The van der Waals surface area contributed by atoms with Gasteiger partial charge in [-0.1, -0.05) is 13.0 Å². The number of hydrogen-bond donors (Lipinski definition) is 1. The minimum absolute atomic E-state index is 0.0679. The van der Waals surface area contributed by atoms with Gasteiger partial charge in [-0.25, -0.2) is 4.68 Å². The summed E-state index contributed by atoms with van der Waals surface area (Å²) in [5, 5.41) is 15.7. The number of aromatic nitrogens is 5. The molecule has 3 aromatic heterocycles. The van der Waals surface area contributed by atoms with E-state index in [1.807, 2.05) is 28.9 Å². The van der Waals surface area contributed by atoms with Crippen LogP contribution in [0.4, 0.5) is 0 Å². The summed E-state index contributed by atoms with van der Waals surface area (Å²) in [4.78, 5) is 19.7. The first-order valence-electron chi connectivity index (χ1n) is 11.8. The quantitative estimate of drug-likeness (QED) is 0.410. The van der Waals surface area contributed by atoms with Crippen molar-refractivity contribution in [1.82, 2.24) is 30.1 Å². The van der Waals surface area contributed by atoms with Gasteiger partial charge in [-0.15, -0.1) is 16.4 Å². The number of benzene rings is 1. The maximum absolute atomic E-state index is 13.2. The number of aromatic amines is 1. The van der Waals surface area contributed by atoms with E-state index in [-0.39, 0.29) is 17.1 Å². The molecule has 1 aromatic carbocycles. The molecule has 0 radical (unpaired) electrons. The van der Waals surface area contributed by atoms with Gasteiger partial charge in [0.25, 0.3) is 5.56 Å². The van der Waals surface area contributed by atoms with Crippen molar-refractivity contribution in [1.29, 1.82) is 0 Å². The minimum Gasteiger partial charge on any atom is -0.486 e. The molecule has 0 bridgehead atoms. The van der Waals surface area contributed by atoms with Crippen LogP contribution in [0.25, 0.3) is 10.9 Å². The minimum atomic E-state index is -0.261. The summed E-state index contributed by atoms with van der Waals surface area (Å²) >= 11 is 1.70. The predicted molar refractivity (Wildman–Crippen MR) is 135 cm³/mol. The largest absolute Gasteiger partial charge is 0.486 e. The Balaban J connectivity index is 1.54. The lowest BCUT2D eigenvalue weighted by molar-refractivity contribution is 0.154. The Hall–Kier alpha value is -3.24. The Kier molecular flexibility index (Phi) is 6.33. The second kappa shape index (κ2) is 9.43. The molecule has 9 nitrogen and oxygen atoms in total. The van der Waals surface area contributed by atoms with E-state index in [4.69, 9.17) is 9.47 Å². The molecular formula is C25H30N6O3S. The molecule has 1 aliphatic heterocycles. The molecule has 1 aliphatic rings. The number of hydrogen-bond acceptors (Lipinski definition) is 8. The van der Waals surface area contributed by atoms with Gasteiger partial charge in [0.15, 0.2) is 17.3 Å². The summed E-state index contributed by atoms with van der Waals surface area (Å²) in [5.41, 5.74) is 1.04. The number of thiophene rings is 1. The van der Waals surface area contributed by atoms with Gasteiger partial charge in [0.05, 0.1) is 17.1 Å². The van der Waals surface area contributed by atoms with Crippen molar-refractivity contribution in [2.45, 2.75) is 58.8 Å². The summed E-state index contributed by atoms with van der Waals surface area (Å²) in [6.45, 7) is 10.5. The molecule has 184 valence electrons. The molecule has 1 N–H and O–H groups in total. The van der Waals surface area contributed by atoms with Crippen LogP contribution in [0.5, 0.6) is 11.5 Å². The molecule has 4 aromatic rings. The first-order valence-corrected chi connectivity index (χ1v) is 12.7. The first kappa shape index (κ1) is 23.5. The van der Waals surface area contributed by atoms with Crippen molar-refractivity contribution in [2.24, 2.45) is 0 Å². The average molecular weight is 495 g/mol. The van der Waals surface area contributed by atoms with Gasteiger partial charge in [-0.05, 0) is 61.2 Å². The van der Waals surface area contributed by atoms with E-state index >= 15 is 0 Å². The van der Waals surface area contributed by atoms with E-state index in [2.05, 4.69) is 64.6 Å². The summed E-state index contributed by atoms with van der Waals surface area (Å²) in [6.07, 6.45) is 0.798. The zero-order valence-electron chi connectivity index (χ0n) is 20.4. The van der Waals surface area contributed by atoms with Gasteiger partial charge in [-0.2, -0.15) is 0 Å². The molecule has 10 heteroatoms. The van der Waals surface area contributed by atoms with Crippen LogP contribution in [0.15, 0.2) is 40.5 Å². The fourth-order valence-corrected chi connectivity index (χ4v) is 5.22. The van der Waals surface area contributed by atoms with Gasteiger partial charge in [0.2, 0.25) is 0 Å². The molecule has 0 amide bonds. The van der Waals surface area contributed by atoms with E-state index in [9.17, 15) is 4.79 Å².